The molecular formula is C19H29ClN2O2. The summed E-state index contributed by atoms with van der Waals surface area (Å²) in [4.78, 5) is 14.4. The van der Waals surface area contributed by atoms with E-state index in [9.17, 15) is 4.79 Å². The predicted molar refractivity (Wildman–Crippen MR) is 98.9 cm³/mol. The number of carbonyl (C=O) groups is 1. The highest BCUT2D eigenvalue weighted by Crippen LogP contribution is 2.25. The van der Waals surface area contributed by atoms with Gasteiger partial charge in [0.15, 0.2) is 0 Å². The number of likely N-dealkylation sites (tertiary alicyclic amines) is 1. The number of piperidine rings is 1. The van der Waals surface area contributed by atoms with Gasteiger partial charge in [-0.3, -0.25) is 4.79 Å². The normalized spacial score (nSPS) is 19.6. The van der Waals surface area contributed by atoms with Crippen LogP contribution in [0.2, 0.25) is 0 Å². The minimum Gasteiger partial charge on any atom is -0.493 e. The van der Waals surface area contributed by atoms with Crippen molar-refractivity contribution in [2.75, 3.05) is 19.7 Å². The molecule has 2 N–H and O–H groups in total. The monoisotopic (exact) mass is 352 g/mol. The Labute approximate surface area is 151 Å². The number of hydrogen-bond acceptors (Lipinski definition) is 3. The molecule has 1 aromatic rings. The third-order valence-corrected chi connectivity index (χ3v) is 5.14. The van der Waals surface area contributed by atoms with Gasteiger partial charge in [-0.15, -0.1) is 12.4 Å². The first kappa shape index (κ1) is 19.1. The van der Waals surface area contributed by atoms with E-state index in [1.54, 1.807) is 0 Å². The molecule has 0 atom stereocenters. The standard InChI is InChI=1S/C19H28N2O2.ClH/c20-17-10-12-21(13-11-17)19(22)16-6-8-18(9-7-16)23-14-15-4-2-1-3-5-15;/h6-9,15,17H,1-5,10-14,20H2;1H. The van der Waals surface area contributed by atoms with Crippen LogP contribution in [0, 0.1) is 5.92 Å². The summed E-state index contributed by atoms with van der Waals surface area (Å²) in [6, 6.07) is 7.85. The van der Waals surface area contributed by atoms with Crippen LogP contribution in [0.4, 0.5) is 0 Å². The van der Waals surface area contributed by atoms with Gasteiger partial charge in [-0.05, 0) is 55.9 Å². The lowest BCUT2D eigenvalue weighted by atomic mass is 9.90. The lowest BCUT2D eigenvalue weighted by Crippen LogP contribution is -2.42. The van der Waals surface area contributed by atoms with E-state index >= 15 is 0 Å². The second-order valence-corrected chi connectivity index (χ2v) is 6.97. The maximum absolute atomic E-state index is 12.5. The van der Waals surface area contributed by atoms with Crippen LogP contribution < -0.4 is 10.5 Å². The summed E-state index contributed by atoms with van der Waals surface area (Å²) >= 11 is 0. The molecule has 3 rings (SSSR count). The molecule has 2 aliphatic rings. The average molecular weight is 353 g/mol. The van der Waals surface area contributed by atoms with Crippen LogP contribution in [0.15, 0.2) is 24.3 Å². The fourth-order valence-electron chi connectivity index (χ4n) is 3.55. The van der Waals surface area contributed by atoms with Crippen LogP contribution in [0.3, 0.4) is 0 Å². The zero-order valence-corrected chi connectivity index (χ0v) is 15.1. The number of nitrogens with two attached hydrogens (primary N) is 1. The maximum Gasteiger partial charge on any atom is 0.253 e. The Morgan fingerprint density at radius 2 is 1.67 bits per heavy atom. The number of ether oxygens (including phenoxy) is 1. The van der Waals surface area contributed by atoms with E-state index in [0.717, 1.165) is 43.9 Å². The predicted octanol–water partition coefficient (Wildman–Crippen LogP) is 3.63. The topological polar surface area (TPSA) is 55.6 Å². The molecule has 2 fully saturated rings. The summed E-state index contributed by atoms with van der Waals surface area (Å²) < 4.78 is 5.90. The van der Waals surface area contributed by atoms with Crippen LogP contribution >= 0.6 is 12.4 Å². The van der Waals surface area contributed by atoms with Gasteiger partial charge < -0.3 is 15.4 Å². The summed E-state index contributed by atoms with van der Waals surface area (Å²) in [7, 11) is 0. The summed E-state index contributed by atoms with van der Waals surface area (Å²) in [6.07, 6.45) is 8.40. The molecule has 24 heavy (non-hydrogen) atoms. The van der Waals surface area contributed by atoms with Crippen LogP contribution in [0.1, 0.15) is 55.3 Å². The van der Waals surface area contributed by atoms with Crippen molar-refractivity contribution in [3.05, 3.63) is 29.8 Å². The Morgan fingerprint density at radius 3 is 2.29 bits per heavy atom. The quantitative estimate of drug-likeness (QED) is 0.900. The van der Waals surface area contributed by atoms with Gasteiger partial charge in [-0.1, -0.05) is 19.3 Å². The van der Waals surface area contributed by atoms with E-state index < -0.39 is 0 Å². The van der Waals surface area contributed by atoms with E-state index in [-0.39, 0.29) is 24.4 Å². The third-order valence-electron chi connectivity index (χ3n) is 5.14. The maximum atomic E-state index is 12.5. The minimum atomic E-state index is 0. The van der Waals surface area contributed by atoms with E-state index in [0.29, 0.717) is 5.92 Å². The molecule has 134 valence electrons. The molecule has 4 nitrogen and oxygen atoms in total. The molecule has 0 bridgehead atoms. The van der Waals surface area contributed by atoms with Crippen molar-refractivity contribution in [2.45, 2.75) is 51.0 Å². The van der Waals surface area contributed by atoms with Gasteiger partial charge in [-0.2, -0.15) is 0 Å². The van der Waals surface area contributed by atoms with Crippen LogP contribution in [-0.4, -0.2) is 36.5 Å². The van der Waals surface area contributed by atoms with Crippen molar-refractivity contribution >= 4 is 18.3 Å². The summed E-state index contributed by atoms with van der Waals surface area (Å²) in [6.45, 7) is 2.33. The number of amides is 1. The smallest absolute Gasteiger partial charge is 0.253 e. The fraction of sp³-hybridized carbons (Fsp3) is 0.632. The van der Waals surface area contributed by atoms with Crippen LogP contribution in [-0.2, 0) is 0 Å². The fourth-order valence-corrected chi connectivity index (χ4v) is 3.55. The Balaban J connectivity index is 0.00000208. The van der Waals surface area contributed by atoms with Crippen molar-refractivity contribution in [3.8, 4) is 5.75 Å². The number of hydrogen-bond donors (Lipinski definition) is 1. The van der Waals surface area contributed by atoms with Crippen molar-refractivity contribution < 1.29 is 9.53 Å². The van der Waals surface area contributed by atoms with E-state index in [4.69, 9.17) is 10.5 Å². The number of benzene rings is 1. The average Bonchev–Trinajstić information content (AvgIpc) is 2.61. The van der Waals surface area contributed by atoms with Gasteiger partial charge in [-0.25, -0.2) is 0 Å². The number of halogens is 1. The molecule has 0 radical (unpaired) electrons. The Hall–Kier alpha value is -1.26. The number of nitrogens with zero attached hydrogens (tertiary/aromatic N) is 1. The van der Waals surface area contributed by atoms with Gasteiger partial charge in [0.05, 0.1) is 6.61 Å². The summed E-state index contributed by atoms with van der Waals surface area (Å²) in [5, 5.41) is 0. The summed E-state index contributed by atoms with van der Waals surface area (Å²) in [5.41, 5.74) is 6.64. The molecule has 1 aliphatic heterocycles. The molecular weight excluding hydrogens is 324 g/mol. The molecule has 1 amide bonds. The van der Waals surface area contributed by atoms with Gasteiger partial charge in [0.25, 0.3) is 5.91 Å². The van der Waals surface area contributed by atoms with Crippen molar-refractivity contribution in [3.63, 3.8) is 0 Å². The zero-order valence-electron chi connectivity index (χ0n) is 14.3. The van der Waals surface area contributed by atoms with E-state index in [1.807, 2.05) is 29.2 Å². The first-order valence-corrected chi connectivity index (χ1v) is 9.00. The molecule has 0 spiro atoms. The first-order chi connectivity index (χ1) is 11.2. The molecule has 1 aliphatic carbocycles. The Morgan fingerprint density at radius 1 is 1.04 bits per heavy atom. The highest BCUT2D eigenvalue weighted by Gasteiger charge is 2.21. The lowest BCUT2D eigenvalue weighted by molar-refractivity contribution is 0.0714. The van der Waals surface area contributed by atoms with Crippen LogP contribution in [0.5, 0.6) is 5.75 Å². The molecule has 5 heteroatoms. The second-order valence-electron chi connectivity index (χ2n) is 6.97. The molecule has 0 unspecified atom stereocenters. The molecule has 0 aromatic heterocycles. The third kappa shape index (κ3) is 5.12. The van der Waals surface area contributed by atoms with Crippen LogP contribution in [0.25, 0.3) is 0 Å². The van der Waals surface area contributed by atoms with Gasteiger partial charge in [0.2, 0.25) is 0 Å². The Bertz CT molecular complexity index is 507. The SMILES string of the molecule is Cl.NC1CCN(C(=O)c2ccc(OCC3CCCCC3)cc2)CC1. The minimum absolute atomic E-state index is 0. The molecule has 1 heterocycles. The van der Waals surface area contributed by atoms with Gasteiger partial charge in [0, 0.05) is 24.7 Å². The van der Waals surface area contributed by atoms with E-state index in [1.165, 1.54) is 32.1 Å². The molecule has 1 saturated carbocycles. The lowest BCUT2D eigenvalue weighted by Gasteiger charge is -2.30. The highest BCUT2D eigenvalue weighted by molar-refractivity contribution is 5.94. The highest BCUT2D eigenvalue weighted by atomic mass is 35.5. The van der Waals surface area contributed by atoms with Crippen molar-refractivity contribution in [1.82, 2.24) is 4.90 Å². The molecule has 1 aromatic carbocycles. The Kier molecular flexibility index (Phi) is 7.38. The molecule has 1 saturated heterocycles. The van der Waals surface area contributed by atoms with Crippen molar-refractivity contribution in [2.24, 2.45) is 11.7 Å². The number of rotatable bonds is 4. The number of carbonyl (C=O) groups excluding carboxylic acids is 1. The van der Waals surface area contributed by atoms with E-state index in [2.05, 4.69) is 0 Å². The largest absolute Gasteiger partial charge is 0.493 e. The van der Waals surface area contributed by atoms with Crippen molar-refractivity contribution in [1.29, 1.82) is 0 Å². The first-order valence-electron chi connectivity index (χ1n) is 9.00. The summed E-state index contributed by atoms with van der Waals surface area (Å²) in [5.74, 6) is 1.67. The second kappa shape index (κ2) is 9.28. The van der Waals surface area contributed by atoms with Gasteiger partial charge >= 0.3 is 0 Å². The zero-order chi connectivity index (χ0) is 16.1. The van der Waals surface area contributed by atoms with Gasteiger partial charge in [0.1, 0.15) is 5.75 Å².